The summed E-state index contributed by atoms with van der Waals surface area (Å²) < 4.78 is 0. The fraction of sp³-hybridized carbons (Fsp3) is 0.500. The topological polar surface area (TPSA) is 58.4 Å². The summed E-state index contributed by atoms with van der Waals surface area (Å²) in [6, 6.07) is 5.56. The molecule has 0 aromatic heterocycles. The van der Waals surface area contributed by atoms with Gasteiger partial charge in [0.05, 0.1) is 22.3 Å². The molecule has 2 atom stereocenters. The Bertz CT molecular complexity index is 498. The first-order valence-corrected chi connectivity index (χ1v) is 7.44. The molecule has 1 aromatic rings. The first kappa shape index (κ1) is 18.5. The number of nitrogens with zero attached hydrogens (tertiary/aromatic N) is 1. The van der Waals surface area contributed by atoms with E-state index in [9.17, 15) is 4.79 Å². The van der Waals surface area contributed by atoms with E-state index in [0.29, 0.717) is 40.8 Å². The van der Waals surface area contributed by atoms with Gasteiger partial charge in [0.25, 0.3) is 0 Å². The predicted octanol–water partition coefficient (Wildman–Crippen LogP) is 3.02. The van der Waals surface area contributed by atoms with Crippen molar-refractivity contribution in [1.82, 2.24) is 4.90 Å². The second kappa shape index (κ2) is 8.20. The van der Waals surface area contributed by atoms with Crippen LogP contribution in [0.4, 0.5) is 5.69 Å². The number of rotatable bonds is 4. The van der Waals surface area contributed by atoms with Crippen molar-refractivity contribution in [3.63, 3.8) is 0 Å². The molecule has 0 radical (unpaired) electrons. The third kappa shape index (κ3) is 4.73. The number of benzene rings is 1. The Morgan fingerprint density at radius 2 is 2.19 bits per heavy atom. The van der Waals surface area contributed by atoms with Gasteiger partial charge in [-0.15, -0.1) is 12.4 Å². The standard InChI is InChI=1S/C14H19Cl2N3O.ClH/c1-9-5-10(6-17)7-19(9)8-13(20)18-12-4-2-3-11(15)14(12)16;/h2-4,9-10H,5-8,17H2,1H3,(H,18,20);1H. The van der Waals surface area contributed by atoms with E-state index in [1.807, 2.05) is 0 Å². The monoisotopic (exact) mass is 351 g/mol. The number of carbonyl (C=O) groups excluding carboxylic acids is 1. The molecule has 1 amide bonds. The highest BCUT2D eigenvalue weighted by Gasteiger charge is 2.29. The molecule has 1 aromatic carbocycles. The normalized spacial score (nSPS) is 21.9. The minimum atomic E-state index is -0.0845. The molecular weight excluding hydrogens is 333 g/mol. The molecule has 3 N–H and O–H groups in total. The highest BCUT2D eigenvalue weighted by molar-refractivity contribution is 6.43. The molecule has 4 nitrogen and oxygen atoms in total. The van der Waals surface area contributed by atoms with Gasteiger partial charge in [0, 0.05) is 12.6 Å². The largest absolute Gasteiger partial charge is 0.330 e. The predicted molar refractivity (Wildman–Crippen MR) is 90.5 cm³/mol. The van der Waals surface area contributed by atoms with Crippen molar-refractivity contribution in [2.24, 2.45) is 11.7 Å². The van der Waals surface area contributed by atoms with Crippen LogP contribution in [0, 0.1) is 5.92 Å². The Hall–Kier alpha value is -0.520. The summed E-state index contributed by atoms with van der Waals surface area (Å²) in [6.07, 6.45) is 1.04. The molecule has 2 rings (SSSR count). The number of nitrogens with one attached hydrogen (secondary N) is 1. The van der Waals surface area contributed by atoms with E-state index in [1.165, 1.54) is 0 Å². The Morgan fingerprint density at radius 1 is 1.48 bits per heavy atom. The SMILES string of the molecule is CC1CC(CN)CN1CC(=O)Nc1cccc(Cl)c1Cl.Cl. The fourth-order valence-electron chi connectivity index (χ4n) is 2.58. The van der Waals surface area contributed by atoms with Gasteiger partial charge < -0.3 is 11.1 Å². The second-order valence-electron chi connectivity index (χ2n) is 5.27. The first-order chi connectivity index (χ1) is 9.51. The molecule has 1 fully saturated rings. The lowest BCUT2D eigenvalue weighted by molar-refractivity contribution is -0.117. The highest BCUT2D eigenvalue weighted by Crippen LogP contribution is 2.29. The van der Waals surface area contributed by atoms with Crippen LogP contribution in [0.25, 0.3) is 0 Å². The van der Waals surface area contributed by atoms with Gasteiger partial charge >= 0.3 is 0 Å². The van der Waals surface area contributed by atoms with E-state index < -0.39 is 0 Å². The van der Waals surface area contributed by atoms with E-state index >= 15 is 0 Å². The van der Waals surface area contributed by atoms with Gasteiger partial charge in [-0.1, -0.05) is 29.3 Å². The van der Waals surface area contributed by atoms with Crippen LogP contribution in [0.15, 0.2) is 18.2 Å². The lowest BCUT2D eigenvalue weighted by Crippen LogP contribution is -2.36. The molecule has 7 heteroatoms. The van der Waals surface area contributed by atoms with Crippen molar-refractivity contribution in [2.75, 3.05) is 25.0 Å². The lowest BCUT2D eigenvalue weighted by Gasteiger charge is -2.20. The zero-order valence-corrected chi connectivity index (χ0v) is 14.1. The van der Waals surface area contributed by atoms with Crippen molar-refractivity contribution in [3.8, 4) is 0 Å². The molecule has 0 saturated carbocycles. The van der Waals surface area contributed by atoms with Gasteiger partial charge in [-0.25, -0.2) is 0 Å². The van der Waals surface area contributed by atoms with Gasteiger partial charge in [0.2, 0.25) is 5.91 Å². The average molecular weight is 353 g/mol. The molecule has 1 saturated heterocycles. The van der Waals surface area contributed by atoms with Gasteiger partial charge in [0.1, 0.15) is 0 Å². The van der Waals surface area contributed by atoms with E-state index in [2.05, 4.69) is 17.1 Å². The summed E-state index contributed by atoms with van der Waals surface area (Å²) in [5.41, 5.74) is 6.24. The third-order valence-corrected chi connectivity index (χ3v) is 4.52. The van der Waals surface area contributed by atoms with Crippen molar-refractivity contribution in [1.29, 1.82) is 0 Å². The van der Waals surface area contributed by atoms with E-state index in [4.69, 9.17) is 28.9 Å². The summed E-state index contributed by atoms with van der Waals surface area (Å²) in [5.74, 6) is 0.395. The van der Waals surface area contributed by atoms with Crippen molar-refractivity contribution < 1.29 is 4.79 Å². The van der Waals surface area contributed by atoms with E-state index in [1.54, 1.807) is 18.2 Å². The van der Waals surface area contributed by atoms with Crippen molar-refractivity contribution in [2.45, 2.75) is 19.4 Å². The molecule has 0 spiro atoms. The summed E-state index contributed by atoms with van der Waals surface area (Å²) in [5, 5.41) is 3.61. The number of hydrogen-bond donors (Lipinski definition) is 2. The molecule has 1 aliphatic rings. The summed E-state index contributed by atoms with van der Waals surface area (Å²) in [6.45, 7) is 4.01. The van der Waals surface area contributed by atoms with Gasteiger partial charge in [-0.05, 0) is 37.9 Å². The summed E-state index contributed by atoms with van der Waals surface area (Å²) in [4.78, 5) is 14.2. The molecule has 21 heavy (non-hydrogen) atoms. The van der Waals surface area contributed by atoms with Crippen LogP contribution in [0.2, 0.25) is 10.0 Å². The van der Waals surface area contributed by atoms with Crippen molar-refractivity contribution >= 4 is 47.2 Å². The molecule has 1 heterocycles. The number of carbonyl (C=O) groups is 1. The fourth-order valence-corrected chi connectivity index (χ4v) is 2.93. The van der Waals surface area contributed by atoms with Crippen LogP contribution in [-0.4, -0.2) is 36.5 Å². The molecular formula is C14H20Cl3N3O. The smallest absolute Gasteiger partial charge is 0.238 e. The van der Waals surface area contributed by atoms with Crippen LogP contribution in [0.5, 0.6) is 0 Å². The number of halogens is 3. The zero-order chi connectivity index (χ0) is 14.7. The van der Waals surface area contributed by atoms with E-state index in [0.717, 1.165) is 13.0 Å². The highest BCUT2D eigenvalue weighted by atomic mass is 35.5. The quantitative estimate of drug-likeness (QED) is 0.875. The second-order valence-corrected chi connectivity index (χ2v) is 6.05. The molecule has 0 bridgehead atoms. The minimum absolute atomic E-state index is 0. The number of amides is 1. The average Bonchev–Trinajstić information content (AvgIpc) is 2.76. The third-order valence-electron chi connectivity index (χ3n) is 3.70. The van der Waals surface area contributed by atoms with Crippen LogP contribution in [-0.2, 0) is 4.79 Å². The van der Waals surface area contributed by atoms with Crippen molar-refractivity contribution in [3.05, 3.63) is 28.2 Å². The molecule has 0 aliphatic carbocycles. The Balaban J connectivity index is 0.00000220. The van der Waals surface area contributed by atoms with Crippen LogP contribution < -0.4 is 11.1 Å². The van der Waals surface area contributed by atoms with Gasteiger partial charge in [-0.3, -0.25) is 9.69 Å². The van der Waals surface area contributed by atoms with E-state index in [-0.39, 0.29) is 18.3 Å². The van der Waals surface area contributed by atoms with Crippen LogP contribution >= 0.6 is 35.6 Å². The molecule has 2 unspecified atom stereocenters. The van der Waals surface area contributed by atoms with Gasteiger partial charge in [0.15, 0.2) is 0 Å². The Kier molecular flexibility index (Phi) is 7.24. The van der Waals surface area contributed by atoms with Crippen LogP contribution in [0.3, 0.4) is 0 Å². The number of nitrogens with two attached hydrogens (primary N) is 1. The maximum Gasteiger partial charge on any atom is 0.238 e. The van der Waals surface area contributed by atoms with Crippen LogP contribution in [0.1, 0.15) is 13.3 Å². The lowest BCUT2D eigenvalue weighted by atomic mass is 10.1. The number of anilines is 1. The summed E-state index contributed by atoms with van der Waals surface area (Å²) >= 11 is 12.0. The Morgan fingerprint density at radius 3 is 2.81 bits per heavy atom. The maximum absolute atomic E-state index is 12.1. The molecule has 1 aliphatic heterocycles. The number of likely N-dealkylation sites (tertiary alicyclic amines) is 1. The zero-order valence-electron chi connectivity index (χ0n) is 11.8. The maximum atomic E-state index is 12.1. The minimum Gasteiger partial charge on any atom is -0.330 e. The number of hydrogen-bond acceptors (Lipinski definition) is 3. The molecule has 118 valence electrons. The summed E-state index contributed by atoms with van der Waals surface area (Å²) in [7, 11) is 0. The van der Waals surface area contributed by atoms with Gasteiger partial charge in [-0.2, -0.15) is 0 Å². The first-order valence-electron chi connectivity index (χ1n) is 6.69. The Labute approximate surface area is 141 Å².